The summed E-state index contributed by atoms with van der Waals surface area (Å²) >= 11 is 0. The minimum absolute atomic E-state index is 0.0262. The van der Waals surface area contributed by atoms with Crippen molar-refractivity contribution < 1.29 is 14.3 Å². The zero-order chi connectivity index (χ0) is 14.7. The van der Waals surface area contributed by atoms with Gasteiger partial charge < -0.3 is 4.74 Å². The van der Waals surface area contributed by atoms with Crippen LogP contribution in [0.3, 0.4) is 0 Å². The van der Waals surface area contributed by atoms with Crippen LogP contribution in [0.5, 0.6) is 5.75 Å². The Morgan fingerprint density at radius 3 is 2.75 bits per heavy atom. The number of carbonyl (C=O) groups is 2. The first kappa shape index (κ1) is 14.5. The van der Waals surface area contributed by atoms with E-state index in [1.807, 2.05) is 31.2 Å². The Hall–Kier alpha value is -1.88. The maximum atomic E-state index is 12.1. The summed E-state index contributed by atoms with van der Waals surface area (Å²) in [4.78, 5) is 24.7. The molecular formula is C15H20N2O3. The minimum atomic E-state index is -0.322. The number of likely N-dealkylation sites (tertiary alicyclic amines) is 1. The van der Waals surface area contributed by atoms with E-state index < -0.39 is 0 Å². The summed E-state index contributed by atoms with van der Waals surface area (Å²) in [6, 6.07) is 7.37. The van der Waals surface area contributed by atoms with E-state index in [0.717, 1.165) is 11.3 Å². The number of nitrogens with one attached hydrogen (secondary N) is 1. The van der Waals surface area contributed by atoms with Crippen molar-refractivity contribution in [1.29, 1.82) is 0 Å². The largest absolute Gasteiger partial charge is 0.496 e. The number of imide groups is 1. The van der Waals surface area contributed by atoms with Gasteiger partial charge in [-0.25, -0.2) is 0 Å². The number of likely N-dealkylation sites (N-methyl/N-ethyl adjacent to an activating group) is 1. The molecule has 1 aromatic carbocycles. The molecule has 2 amide bonds. The van der Waals surface area contributed by atoms with Crippen molar-refractivity contribution in [2.75, 3.05) is 14.2 Å². The van der Waals surface area contributed by atoms with Crippen LogP contribution in [0.2, 0.25) is 0 Å². The number of piperidine rings is 1. The molecule has 5 nitrogen and oxygen atoms in total. The van der Waals surface area contributed by atoms with E-state index in [9.17, 15) is 9.59 Å². The van der Waals surface area contributed by atoms with Crippen LogP contribution in [0.1, 0.15) is 31.4 Å². The molecule has 0 radical (unpaired) electrons. The maximum Gasteiger partial charge on any atom is 0.246 e. The third-order valence-corrected chi connectivity index (χ3v) is 3.71. The number of para-hydroxylation sites is 1. The van der Waals surface area contributed by atoms with E-state index in [-0.39, 0.29) is 23.9 Å². The third kappa shape index (κ3) is 2.82. The zero-order valence-corrected chi connectivity index (χ0v) is 12.1. The number of carbonyl (C=O) groups excluding carboxylic acids is 2. The van der Waals surface area contributed by atoms with Gasteiger partial charge in [-0.1, -0.05) is 18.2 Å². The molecule has 1 aliphatic rings. The molecule has 20 heavy (non-hydrogen) atoms. The van der Waals surface area contributed by atoms with E-state index in [2.05, 4.69) is 5.32 Å². The average molecular weight is 276 g/mol. The Kier molecular flexibility index (Phi) is 4.39. The monoisotopic (exact) mass is 276 g/mol. The maximum absolute atomic E-state index is 12.1. The van der Waals surface area contributed by atoms with Gasteiger partial charge in [-0.2, -0.15) is 0 Å². The predicted molar refractivity (Wildman–Crippen MR) is 75.3 cm³/mol. The van der Waals surface area contributed by atoms with Crippen LogP contribution in [-0.4, -0.2) is 36.9 Å². The van der Waals surface area contributed by atoms with Crippen molar-refractivity contribution in [2.24, 2.45) is 0 Å². The highest BCUT2D eigenvalue weighted by Crippen LogP contribution is 2.25. The van der Waals surface area contributed by atoms with Gasteiger partial charge in [0.05, 0.1) is 13.2 Å². The van der Waals surface area contributed by atoms with Crippen molar-refractivity contribution in [3.63, 3.8) is 0 Å². The van der Waals surface area contributed by atoms with E-state index in [0.29, 0.717) is 12.8 Å². The lowest BCUT2D eigenvalue weighted by Gasteiger charge is -2.30. The Morgan fingerprint density at radius 1 is 1.35 bits per heavy atom. The van der Waals surface area contributed by atoms with Crippen LogP contribution in [0.15, 0.2) is 24.3 Å². The van der Waals surface area contributed by atoms with Crippen molar-refractivity contribution in [3.8, 4) is 5.75 Å². The first-order chi connectivity index (χ1) is 9.54. The highest BCUT2D eigenvalue weighted by atomic mass is 16.5. The molecule has 0 saturated carbocycles. The molecule has 1 heterocycles. The molecule has 0 spiro atoms. The molecule has 1 fully saturated rings. The smallest absolute Gasteiger partial charge is 0.246 e. The summed E-state index contributed by atoms with van der Waals surface area (Å²) in [5.74, 6) is 0.515. The molecule has 2 atom stereocenters. The van der Waals surface area contributed by atoms with E-state index in [1.54, 1.807) is 7.11 Å². The van der Waals surface area contributed by atoms with Gasteiger partial charge in [0.25, 0.3) is 0 Å². The van der Waals surface area contributed by atoms with Crippen molar-refractivity contribution in [2.45, 2.75) is 31.8 Å². The first-order valence-electron chi connectivity index (χ1n) is 6.74. The molecule has 5 heteroatoms. The molecule has 1 N–H and O–H groups in total. The summed E-state index contributed by atoms with van der Waals surface area (Å²) in [5, 5.41) is 3.29. The quantitative estimate of drug-likeness (QED) is 0.847. The molecule has 0 bridgehead atoms. The van der Waals surface area contributed by atoms with Crippen molar-refractivity contribution in [1.82, 2.24) is 10.2 Å². The van der Waals surface area contributed by atoms with Gasteiger partial charge in [0.15, 0.2) is 0 Å². The lowest BCUT2D eigenvalue weighted by Crippen LogP contribution is -2.51. The fourth-order valence-electron chi connectivity index (χ4n) is 2.49. The molecular weight excluding hydrogens is 256 g/mol. The fraction of sp³-hybridized carbons (Fsp3) is 0.467. The topological polar surface area (TPSA) is 58.6 Å². The number of benzene rings is 1. The summed E-state index contributed by atoms with van der Waals surface area (Å²) in [7, 11) is 3.16. The number of nitrogens with zero attached hydrogens (tertiary/aromatic N) is 1. The minimum Gasteiger partial charge on any atom is -0.496 e. The van der Waals surface area contributed by atoms with Crippen LogP contribution in [0, 0.1) is 0 Å². The summed E-state index contributed by atoms with van der Waals surface area (Å²) in [6.07, 6.45) is 0.944. The normalized spacial score (nSPS) is 20.9. The first-order valence-corrected chi connectivity index (χ1v) is 6.74. The van der Waals surface area contributed by atoms with Gasteiger partial charge in [-0.3, -0.25) is 19.8 Å². The van der Waals surface area contributed by atoms with Crippen LogP contribution in [-0.2, 0) is 9.59 Å². The van der Waals surface area contributed by atoms with E-state index in [4.69, 9.17) is 4.74 Å². The van der Waals surface area contributed by atoms with Crippen molar-refractivity contribution in [3.05, 3.63) is 29.8 Å². The second kappa shape index (κ2) is 6.05. The van der Waals surface area contributed by atoms with Gasteiger partial charge in [-0.05, 0) is 19.4 Å². The summed E-state index contributed by atoms with van der Waals surface area (Å²) < 4.78 is 5.33. The second-order valence-electron chi connectivity index (χ2n) is 5.01. The second-order valence-corrected chi connectivity index (χ2v) is 5.01. The Balaban J connectivity index is 2.10. The molecule has 2 unspecified atom stereocenters. The Bertz CT molecular complexity index is 516. The van der Waals surface area contributed by atoms with Crippen LogP contribution in [0.25, 0.3) is 0 Å². The summed E-state index contributed by atoms with van der Waals surface area (Å²) in [5.41, 5.74) is 1.00. The predicted octanol–water partition coefficient (Wildman–Crippen LogP) is 1.49. The average Bonchev–Trinajstić information content (AvgIpc) is 2.47. The highest BCUT2D eigenvalue weighted by molar-refractivity contribution is 6.00. The number of methoxy groups -OCH3 is 1. The Labute approximate surface area is 118 Å². The van der Waals surface area contributed by atoms with Gasteiger partial charge in [0.2, 0.25) is 11.8 Å². The number of rotatable bonds is 4. The van der Waals surface area contributed by atoms with Gasteiger partial charge in [-0.15, -0.1) is 0 Å². The molecule has 1 saturated heterocycles. The lowest BCUT2D eigenvalue weighted by atomic mass is 10.0. The molecule has 0 aromatic heterocycles. The van der Waals surface area contributed by atoms with Gasteiger partial charge >= 0.3 is 0 Å². The third-order valence-electron chi connectivity index (χ3n) is 3.71. The molecule has 108 valence electrons. The highest BCUT2D eigenvalue weighted by Gasteiger charge is 2.32. The van der Waals surface area contributed by atoms with Crippen LogP contribution in [0.4, 0.5) is 0 Å². The number of hydrogen-bond donors (Lipinski definition) is 1. The molecule has 1 aliphatic heterocycles. The van der Waals surface area contributed by atoms with Crippen LogP contribution >= 0.6 is 0 Å². The standard InChI is InChI=1S/C15H20N2O3/c1-10(11-6-4-5-7-13(11)20-3)16-12-8-9-14(18)17(2)15(12)19/h4-7,10,12,16H,8-9H2,1-3H3. The summed E-state index contributed by atoms with van der Waals surface area (Å²) in [6.45, 7) is 1.99. The zero-order valence-electron chi connectivity index (χ0n) is 12.1. The van der Waals surface area contributed by atoms with Gasteiger partial charge in [0, 0.05) is 25.1 Å². The van der Waals surface area contributed by atoms with Gasteiger partial charge in [0.1, 0.15) is 5.75 Å². The number of hydrogen-bond acceptors (Lipinski definition) is 4. The molecule has 1 aromatic rings. The number of ether oxygens (including phenoxy) is 1. The molecule has 0 aliphatic carbocycles. The SMILES string of the molecule is COc1ccccc1C(C)NC1CCC(=O)N(C)C1=O. The Morgan fingerprint density at radius 2 is 2.05 bits per heavy atom. The molecule has 2 rings (SSSR count). The number of amides is 2. The van der Waals surface area contributed by atoms with E-state index >= 15 is 0 Å². The van der Waals surface area contributed by atoms with Crippen molar-refractivity contribution >= 4 is 11.8 Å². The lowest BCUT2D eigenvalue weighted by molar-refractivity contribution is -0.148. The fourth-order valence-corrected chi connectivity index (χ4v) is 2.49. The van der Waals surface area contributed by atoms with Crippen LogP contribution < -0.4 is 10.1 Å². The van der Waals surface area contributed by atoms with E-state index in [1.165, 1.54) is 11.9 Å².